The molecule has 0 radical (unpaired) electrons. The number of rotatable bonds is 8. The van der Waals surface area contributed by atoms with Gasteiger partial charge in [-0.3, -0.25) is 4.79 Å². The Hall–Kier alpha value is -2.58. The van der Waals surface area contributed by atoms with Crippen molar-refractivity contribution in [3.63, 3.8) is 0 Å². The Morgan fingerprint density at radius 2 is 1.89 bits per heavy atom. The van der Waals surface area contributed by atoms with E-state index in [1.54, 1.807) is 42.6 Å². The van der Waals surface area contributed by atoms with Gasteiger partial charge in [-0.05, 0) is 54.4 Å². The molecule has 0 fully saturated rings. The normalized spacial score (nSPS) is 11.4. The van der Waals surface area contributed by atoms with Crippen LogP contribution in [0.3, 0.4) is 0 Å². The maximum Gasteiger partial charge on any atom is 0.282 e. The van der Waals surface area contributed by atoms with Gasteiger partial charge in [0.15, 0.2) is 11.5 Å². The number of nitrogens with zero attached hydrogens (tertiary/aromatic N) is 3. The number of fused-ring (bicyclic) bond motifs is 1. The van der Waals surface area contributed by atoms with E-state index in [9.17, 15) is 4.79 Å². The zero-order valence-electron chi connectivity index (χ0n) is 19.4. The Morgan fingerprint density at radius 3 is 2.61 bits per heavy atom. The summed E-state index contributed by atoms with van der Waals surface area (Å²) in [7, 11) is 1.52. The maximum absolute atomic E-state index is 13.2. The third-order valence-corrected chi connectivity index (χ3v) is 6.67. The SMILES string of the molecule is CCCc1nc2ccc(Br)cc2c(=O)n1N=Cc1cc(Cl)c(OCc2ccc(Cl)cc2Cl)c(OC)c1. The number of aromatic nitrogens is 2. The Kier molecular flexibility index (Phi) is 8.57. The molecule has 0 aliphatic heterocycles. The van der Waals surface area contributed by atoms with Gasteiger partial charge < -0.3 is 9.47 Å². The Bertz CT molecular complexity index is 1520. The molecule has 0 spiro atoms. The molecule has 0 atom stereocenters. The van der Waals surface area contributed by atoms with Crippen LogP contribution in [-0.4, -0.2) is 23.0 Å². The van der Waals surface area contributed by atoms with Crippen molar-refractivity contribution in [1.82, 2.24) is 9.66 Å². The summed E-state index contributed by atoms with van der Waals surface area (Å²) in [4.78, 5) is 17.9. The van der Waals surface area contributed by atoms with Crippen molar-refractivity contribution < 1.29 is 9.47 Å². The second-order valence-corrected chi connectivity index (χ2v) is 10.0. The van der Waals surface area contributed by atoms with Gasteiger partial charge in [0.05, 0.1) is 29.2 Å². The molecule has 1 aromatic heterocycles. The standard InChI is InChI=1S/C26H21BrCl3N3O3/c1-3-4-24-32-22-8-6-17(27)11-19(22)26(34)33(24)31-13-15-9-21(30)25(23(10-15)35-2)36-14-16-5-7-18(28)12-20(16)29/h5-13H,3-4,14H2,1-2H3. The third kappa shape index (κ3) is 5.86. The van der Waals surface area contributed by atoms with Crippen molar-refractivity contribution in [1.29, 1.82) is 0 Å². The first-order valence-electron chi connectivity index (χ1n) is 11.0. The van der Waals surface area contributed by atoms with Gasteiger partial charge in [-0.2, -0.15) is 9.78 Å². The maximum atomic E-state index is 13.2. The number of halogens is 4. The molecule has 0 bridgehead atoms. The minimum atomic E-state index is -0.251. The minimum absolute atomic E-state index is 0.174. The van der Waals surface area contributed by atoms with Crippen molar-refractivity contribution in [2.75, 3.05) is 7.11 Å². The van der Waals surface area contributed by atoms with Crippen LogP contribution < -0.4 is 15.0 Å². The highest BCUT2D eigenvalue weighted by Crippen LogP contribution is 2.37. The Labute approximate surface area is 231 Å². The Balaban J connectivity index is 1.67. The number of aryl methyl sites for hydroxylation is 1. The van der Waals surface area contributed by atoms with E-state index < -0.39 is 0 Å². The molecule has 186 valence electrons. The summed E-state index contributed by atoms with van der Waals surface area (Å²) in [5, 5.41) is 6.28. The first-order chi connectivity index (χ1) is 17.3. The fraction of sp³-hybridized carbons (Fsp3) is 0.192. The summed E-state index contributed by atoms with van der Waals surface area (Å²) in [5.74, 6) is 1.35. The molecule has 0 unspecified atom stereocenters. The molecule has 6 nitrogen and oxygen atoms in total. The lowest BCUT2D eigenvalue weighted by Crippen LogP contribution is -2.22. The van der Waals surface area contributed by atoms with E-state index in [0.717, 1.165) is 16.5 Å². The number of ether oxygens (including phenoxy) is 2. The summed E-state index contributed by atoms with van der Waals surface area (Å²) in [6.07, 6.45) is 2.95. The van der Waals surface area contributed by atoms with E-state index in [-0.39, 0.29) is 12.2 Å². The highest BCUT2D eigenvalue weighted by molar-refractivity contribution is 9.10. The molecule has 1 heterocycles. The third-order valence-electron chi connectivity index (χ3n) is 5.31. The van der Waals surface area contributed by atoms with E-state index in [1.807, 2.05) is 19.1 Å². The van der Waals surface area contributed by atoms with Crippen LogP contribution >= 0.6 is 50.7 Å². The van der Waals surface area contributed by atoms with Crippen LogP contribution in [0.1, 0.15) is 30.3 Å². The summed E-state index contributed by atoms with van der Waals surface area (Å²) in [5.41, 5.74) is 1.75. The van der Waals surface area contributed by atoms with Gasteiger partial charge in [0.2, 0.25) is 0 Å². The molecule has 0 aliphatic carbocycles. The van der Waals surface area contributed by atoms with Gasteiger partial charge >= 0.3 is 0 Å². The van der Waals surface area contributed by atoms with E-state index in [4.69, 9.17) is 44.3 Å². The highest BCUT2D eigenvalue weighted by atomic mass is 79.9. The number of methoxy groups -OCH3 is 1. The molecular weight excluding hydrogens is 589 g/mol. The lowest BCUT2D eigenvalue weighted by Gasteiger charge is -2.14. The summed E-state index contributed by atoms with van der Waals surface area (Å²) >= 11 is 22.2. The minimum Gasteiger partial charge on any atom is -0.493 e. The molecule has 3 aromatic carbocycles. The topological polar surface area (TPSA) is 65.7 Å². The predicted molar refractivity (Wildman–Crippen MR) is 149 cm³/mol. The number of hydrogen-bond donors (Lipinski definition) is 0. The predicted octanol–water partition coefficient (Wildman–Crippen LogP) is 7.54. The van der Waals surface area contributed by atoms with Crippen molar-refractivity contribution in [3.05, 3.63) is 95.4 Å². The highest BCUT2D eigenvalue weighted by Gasteiger charge is 2.14. The molecule has 0 saturated heterocycles. The average Bonchev–Trinajstić information content (AvgIpc) is 2.84. The zero-order valence-corrected chi connectivity index (χ0v) is 23.2. The van der Waals surface area contributed by atoms with Gasteiger partial charge in [-0.15, -0.1) is 0 Å². The number of hydrogen-bond acceptors (Lipinski definition) is 5. The molecule has 0 saturated carbocycles. The summed E-state index contributed by atoms with van der Waals surface area (Å²) < 4.78 is 13.5. The second-order valence-electron chi connectivity index (χ2n) is 7.86. The Morgan fingerprint density at radius 1 is 1.08 bits per heavy atom. The van der Waals surface area contributed by atoms with Crippen molar-refractivity contribution in [2.45, 2.75) is 26.4 Å². The van der Waals surface area contributed by atoms with E-state index in [1.165, 1.54) is 11.8 Å². The first kappa shape index (κ1) is 26.5. The molecular formula is C26H21BrCl3N3O3. The van der Waals surface area contributed by atoms with Crippen LogP contribution in [0.25, 0.3) is 10.9 Å². The van der Waals surface area contributed by atoms with Crippen LogP contribution in [0.5, 0.6) is 11.5 Å². The summed E-state index contributed by atoms with van der Waals surface area (Å²) in [6.45, 7) is 2.19. The molecule has 4 aromatic rings. The molecule has 0 aliphatic rings. The molecule has 0 amide bonds. The molecule has 10 heteroatoms. The van der Waals surface area contributed by atoms with Crippen LogP contribution in [0.4, 0.5) is 0 Å². The van der Waals surface area contributed by atoms with Gasteiger partial charge in [-0.1, -0.05) is 63.7 Å². The quantitative estimate of drug-likeness (QED) is 0.194. The van der Waals surface area contributed by atoms with Crippen molar-refractivity contribution >= 4 is 67.9 Å². The van der Waals surface area contributed by atoms with E-state index in [0.29, 0.717) is 55.3 Å². The van der Waals surface area contributed by atoms with Crippen LogP contribution in [-0.2, 0) is 13.0 Å². The number of benzene rings is 3. The average molecular weight is 610 g/mol. The van der Waals surface area contributed by atoms with Gasteiger partial charge in [0, 0.05) is 26.5 Å². The molecule has 36 heavy (non-hydrogen) atoms. The smallest absolute Gasteiger partial charge is 0.282 e. The van der Waals surface area contributed by atoms with Crippen molar-refractivity contribution in [3.8, 4) is 11.5 Å². The second kappa shape index (κ2) is 11.6. The van der Waals surface area contributed by atoms with Gasteiger partial charge in [0.1, 0.15) is 12.4 Å². The lowest BCUT2D eigenvalue weighted by atomic mass is 10.2. The van der Waals surface area contributed by atoms with Gasteiger partial charge in [-0.25, -0.2) is 4.98 Å². The zero-order chi connectivity index (χ0) is 25.8. The lowest BCUT2D eigenvalue weighted by molar-refractivity contribution is 0.285. The fourth-order valence-corrected chi connectivity index (χ4v) is 4.66. The van der Waals surface area contributed by atoms with Crippen LogP contribution in [0.15, 0.2) is 62.9 Å². The van der Waals surface area contributed by atoms with Crippen LogP contribution in [0, 0.1) is 0 Å². The van der Waals surface area contributed by atoms with Crippen molar-refractivity contribution in [2.24, 2.45) is 5.10 Å². The first-order valence-corrected chi connectivity index (χ1v) is 12.9. The molecule has 0 N–H and O–H groups in total. The van der Waals surface area contributed by atoms with E-state index >= 15 is 0 Å². The largest absolute Gasteiger partial charge is 0.493 e. The molecule has 4 rings (SSSR count). The van der Waals surface area contributed by atoms with Crippen LogP contribution in [0.2, 0.25) is 15.1 Å². The fourth-order valence-electron chi connectivity index (χ4n) is 3.57. The summed E-state index contributed by atoms with van der Waals surface area (Å²) in [6, 6.07) is 14.0. The van der Waals surface area contributed by atoms with E-state index in [2.05, 4.69) is 26.0 Å². The van der Waals surface area contributed by atoms with Gasteiger partial charge in [0.25, 0.3) is 5.56 Å². The monoisotopic (exact) mass is 607 g/mol.